The van der Waals surface area contributed by atoms with Crippen molar-refractivity contribution in [3.63, 3.8) is 0 Å². The van der Waals surface area contributed by atoms with Gasteiger partial charge in [-0.3, -0.25) is 4.79 Å². The minimum absolute atomic E-state index is 0.170. The fraction of sp³-hybridized carbons (Fsp3) is 0.455. The van der Waals surface area contributed by atoms with Crippen LogP contribution in [0.4, 0.5) is 0 Å². The van der Waals surface area contributed by atoms with E-state index < -0.39 is 12.1 Å². The number of nitrogens with zero attached hydrogens (tertiary/aromatic N) is 1. The van der Waals surface area contributed by atoms with E-state index in [0.29, 0.717) is 18.7 Å². The number of morpholine rings is 1. The number of carbonyl (C=O) groups excluding carboxylic acids is 2. The second kappa shape index (κ2) is 5.01. The van der Waals surface area contributed by atoms with Crippen molar-refractivity contribution in [2.75, 3.05) is 26.8 Å². The molecule has 1 fully saturated rings. The average molecular weight is 239 g/mol. The van der Waals surface area contributed by atoms with E-state index in [9.17, 15) is 9.59 Å². The van der Waals surface area contributed by atoms with Crippen LogP contribution in [-0.4, -0.2) is 49.7 Å². The fourth-order valence-electron chi connectivity index (χ4n) is 1.68. The van der Waals surface area contributed by atoms with Crippen molar-refractivity contribution < 1.29 is 23.5 Å². The van der Waals surface area contributed by atoms with E-state index in [1.54, 1.807) is 11.0 Å². The second-order valence-corrected chi connectivity index (χ2v) is 3.65. The monoisotopic (exact) mass is 239 g/mol. The van der Waals surface area contributed by atoms with E-state index in [2.05, 4.69) is 4.74 Å². The second-order valence-electron chi connectivity index (χ2n) is 3.65. The normalized spacial score (nSPS) is 20.1. The van der Waals surface area contributed by atoms with Gasteiger partial charge in [0.2, 0.25) is 0 Å². The van der Waals surface area contributed by atoms with Gasteiger partial charge in [-0.25, -0.2) is 4.79 Å². The molecule has 1 amide bonds. The number of hydrogen-bond donors (Lipinski definition) is 0. The standard InChI is InChI=1S/C11H13NO5/c1-15-11(14)9-6-12(3-5-17-9)10(13)8-2-4-16-7-8/h2,4,7,9H,3,5-6H2,1H3. The molecule has 1 saturated heterocycles. The third-order valence-electron chi connectivity index (χ3n) is 2.59. The molecular formula is C11H13NO5. The van der Waals surface area contributed by atoms with Gasteiger partial charge in [0.1, 0.15) is 6.26 Å². The van der Waals surface area contributed by atoms with Gasteiger partial charge < -0.3 is 18.8 Å². The molecule has 1 atom stereocenters. The van der Waals surface area contributed by atoms with Crippen LogP contribution < -0.4 is 0 Å². The fourth-order valence-corrected chi connectivity index (χ4v) is 1.68. The molecule has 0 aromatic carbocycles. The Bertz CT molecular complexity index is 400. The van der Waals surface area contributed by atoms with Crippen LogP contribution in [0.25, 0.3) is 0 Å². The van der Waals surface area contributed by atoms with Crippen molar-refractivity contribution in [2.24, 2.45) is 0 Å². The Hall–Kier alpha value is -1.82. The smallest absolute Gasteiger partial charge is 0.336 e. The Labute approximate surface area is 98.1 Å². The predicted molar refractivity (Wildman–Crippen MR) is 56.4 cm³/mol. The summed E-state index contributed by atoms with van der Waals surface area (Å²) in [6, 6.07) is 1.59. The molecular weight excluding hydrogens is 226 g/mol. The van der Waals surface area contributed by atoms with E-state index in [1.807, 2.05) is 0 Å². The van der Waals surface area contributed by atoms with Crippen molar-refractivity contribution in [1.82, 2.24) is 4.90 Å². The molecule has 1 aromatic heterocycles. The van der Waals surface area contributed by atoms with E-state index in [-0.39, 0.29) is 12.5 Å². The molecule has 0 N–H and O–H groups in total. The van der Waals surface area contributed by atoms with Gasteiger partial charge in [-0.15, -0.1) is 0 Å². The number of ether oxygens (including phenoxy) is 2. The molecule has 1 aliphatic heterocycles. The largest absolute Gasteiger partial charge is 0.472 e. The highest BCUT2D eigenvalue weighted by molar-refractivity contribution is 5.94. The van der Waals surface area contributed by atoms with Gasteiger partial charge in [0.25, 0.3) is 5.91 Å². The number of esters is 1. The van der Waals surface area contributed by atoms with E-state index in [1.165, 1.54) is 19.6 Å². The molecule has 0 spiro atoms. The number of hydrogen-bond acceptors (Lipinski definition) is 5. The van der Waals surface area contributed by atoms with Crippen LogP contribution in [0.1, 0.15) is 10.4 Å². The summed E-state index contributed by atoms with van der Waals surface area (Å²) in [7, 11) is 1.29. The Morgan fingerprint density at radius 2 is 2.35 bits per heavy atom. The third-order valence-corrected chi connectivity index (χ3v) is 2.59. The van der Waals surface area contributed by atoms with E-state index in [0.717, 1.165) is 0 Å². The summed E-state index contributed by atoms with van der Waals surface area (Å²) >= 11 is 0. The first-order valence-corrected chi connectivity index (χ1v) is 5.23. The Balaban J connectivity index is 2.02. The van der Waals surface area contributed by atoms with Crippen LogP contribution in [0, 0.1) is 0 Å². The molecule has 0 radical (unpaired) electrons. The molecule has 2 heterocycles. The quantitative estimate of drug-likeness (QED) is 0.694. The predicted octanol–water partition coefficient (Wildman–Crippen LogP) is 0.294. The SMILES string of the molecule is COC(=O)C1CN(C(=O)c2ccoc2)CCO1. The van der Waals surface area contributed by atoms with Crippen molar-refractivity contribution >= 4 is 11.9 Å². The van der Waals surface area contributed by atoms with Crippen LogP contribution >= 0.6 is 0 Å². The summed E-state index contributed by atoms with van der Waals surface area (Å²) in [4.78, 5) is 24.8. The van der Waals surface area contributed by atoms with Gasteiger partial charge in [0, 0.05) is 6.54 Å². The summed E-state index contributed by atoms with van der Waals surface area (Å²) in [5, 5.41) is 0. The minimum Gasteiger partial charge on any atom is -0.472 e. The highest BCUT2D eigenvalue weighted by Crippen LogP contribution is 2.11. The van der Waals surface area contributed by atoms with E-state index in [4.69, 9.17) is 9.15 Å². The molecule has 0 aliphatic carbocycles. The first kappa shape index (κ1) is 11.7. The summed E-state index contributed by atoms with van der Waals surface area (Å²) in [5.41, 5.74) is 0.468. The summed E-state index contributed by atoms with van der Waals surface area (Å²) < 4.78 is 14.7. The Morgan fingerprint density at radius 3 is 3.00 bits per heavy atom. The van der Waals surface area contributed by atoms with Crippen LogP contribution in [0.3, 0.4) is 0 Å². The van der Waals surface area contributed by atoms with Crippen LogP contribution in [0.5, 0.6) is 0 Å². The lowest BCUT2D eigenvalue weighted by Gasteiger charge is -2.31. The summed E-state index contributed by atoms with van der Waals surface area (Å²) in [6.07, 6.45) is 2.11. The number of rotatable bonds is 2. The van der Waals surface area contributed by atoms with Crippen LogP contribution in [-0.2, 0) is 14.3 Å². The number of amides is 1. The van der Waals surface area contributed by atoms with Gasteiger partial charge in [0.15, 0.2) is 6.10 Å². The molecule has 6 heteroatoms. The van der Waals surface area contributed by atoms with Crippen molar-refractivity contribution in [3.05, 3.63) is 24.2 Å². The van der Waals surface area contributed by atoms with Gasteiger partial charge in [-0.2, -0.15) is 0 Å². The van der Waals surface area contributed by atoms with Crippen LogP contribution in [0.15, 0.2) is 23.0 Å². The van der Waals surface area contributed by atoms with Gasteiger partial charge in [0.05, 0.1) is 32.1 Å². The number of furan rings is 1. The zero-order valence-electron chi connectivity index (χ0n) is 9.42. The summed E-state index contributed by atoms with van der Waals surface area (Å²) in [6.45, 7) is 0.984. The van der Waals surface area contributed by atoms with Crippen molar-refractivity contribution in [3.8, 4) is 0 Å². The summed E-state index contributed by atoms with van der Waals surface area (Å²) in [5.74, 6) is -0.634. The number of carbonyl (C=O) groups is 2. The molecule has 1 aromatic rings. The van der Waals surface area contributed by atoms with Gasteiger partial charge >= 0.3 is 5.97 Å². The number of methoxy groups -OCH3 is 1. The zero-order valence-corrected chi connectivity index (χ0v) is 9.42. The molecule has 0 bridgehead atoms. The van der Waals surface area contributed by atoms with Gasteiger partial charge in [-0.05, 0) is 6.07 Å². The topological polar surface area (TPSA) is 69.0 Å². The van der Waals surface area contributed by atoms with Crippen LogP contribution in [0.2, 0.25) is 0 Å². The maximum atomic E-state index is 12.0. The Kier molecular flexibility index (Phi) is 3.43. The average Bonchev–Trinajstić information content (AvgIpc) is 2.91. The molecule has 2 rings (SSSR count). The lowest BCUT2D eigenvalue weighted by Crippen LogP contribution is -2.48. The van der Waals surface area contributed by atoms with Crippen molar-refractivity contribution in [2.45, 2.75) is 6.10 Å². The minimum atomic E-state index is -0.704. The molecule has 6 nitrogen and oxygen atoms in total. The lowest BCUT2D eigenvalue weighted by atomic mass is 10.2. The highest BCUT2D eigenvalue weighted by atomic mass is 16.6. The molecule has 92 valence electrons. The first-order chi connectivity index (χ1) is 8.22. The highest BCUT2D eigenvalue weighted by Gasteiger charge is 2.30. The van der Waals surface area contributed by atoms with Crippen molar-refractivity contribution in [1.29, 1.82) is 0 Å². The molecule has 0 saturated carbocycles. The van der Waals surface area contributed by atoms with Gasteiger partial charge in [-0.1, -0.05) is 0 Å². The molecule has 1 unspecified atom stereocenters. The molecule has 1 aliphatic rings. The molecule has 17 heavy (non-hydrogen) atoms. The maximum Gasteiger partial charge on any atom is 0.336 e. The maximum absolute atomic E-state index is 12.0. The zero-order chi connectivity index (χ0) is 12.3. The Morgan fingerprint density at radius 1 is 1.53 bits per heavy atom. The lowest BCUT2D eigenvalue weighted by molar-refractivity contribution is -0.158. The van der Waals surface area contributed by atoms with E-state index >= 15 is 0 Å². The first-order valence-electron chi connectivity index (χ1n) is 5.23. The third kappa shape index (κ3) is 2.47.